The van der Waals surface area contributed by atoms with E-state index in [2.05, 4.69) is 21.3 Å². The Balaban J connectivity index is 1.88. The van der Waals surface area contributed by atoms with Gasteiger partial charge in [-0.05, 0) is 49.8 Å². The Morgan fingerprint density at radius 2 is 1.70 bits per heavy atom. The minimum absolute atomic E-state index is 0.104. The molecule has 1 unspecified atom stereocenters. The highest BCUT2D eigenvalue weighted by Crippen LogP contribution is 2.22. The van der Waals surface area contributed by atoms with Crippen LogP contribution in [0.4, 0.5) is 0 Å². The first-order chi connectivity index (χ1) is 22.6. The highest BCUT2D eigenvalue weighted by Gasteiger charge is 2.33. The quantitative estimate of drug-likeness (QED) is 0.133. The van der Waals surface area contributed by atoms with Gasteiger partial charge in [-0.15, -0.1) is 0 Å². The van der Waals surface area contributed by atoms with Gasteiger partial charge < -0.3 is 30.8 Å². The van der Waals surface area contributed by atoms with Crippen molar-refractivity contribution in [1.82, 2.24) is 26.0 Å². The fourth-order valence-corrected chi connectivity index (χ4v) is 5.92. The van der Waals surface area contributed by atoms with Crippen molar-refractivity contribution in [2.24, 2.45) is 5.92 Å². The van der Waals surface area contributed by atoms with Crippen LogP contribution in [0.15, 0.2) is 30.5 Å². The van der Waals surface area contributed by atoms with E-state index in [1.54, 1.807) is 18.0 Å². The largest absolute Gasteiger partial charge is 0.467 e. The summed E-state index contributed by atoms with van der Waals surface area (Å²) in [5.74, 6) is -1.87. The number of carbonyl (C=O) groups is 5. The maximum Gasteiger partial charge on any atom is 0.328 e. The van der Waals surface area contributed by atoms with Crippen LogP contribution in [0.1, 0.15) is 90.5 Å². The highest BCUT2D eigenvalue weighted by atomic mass is 16.6. The van der Waals surface area contributed by atoms with E-state index >= 15 is 0 Å². The SMILES string of the molecule is CCC(=O)CCCCC[C@H](NC(=O)[C@H]1CCCCN1)C(=O)N[C@@H](Cc1cn(OC)c2ccccc12)C(=O)N[C@H](C(=O)OC)C(C)CC. The van der Waals surface area contributed by atoms with Crippen molar-refractivity contribution < 1.29 is 33.5 Å². The van der Waals surface area contributed by atoms with Crippen LogP contribution >= 0.6 is 0 Å². The number of para-hydroxylation sites is 1. The summed E-state index contributed by atoms with van der Waals surface area (Å²) in [6, 6.07) is 4.30. The number of ether oxygens (including phenoxy) is 1. The Hall–Kier alpha value is -3.93. The van der Waals surface area contributed by atoms with Gasteiger partial charge in [0.05, 0.1) is 18.7 Å². The number of methoxy groups -OCH3 is 1. The molecule has 0 radical (unpaired) electrons. The topological polar surface area (TPSA) is 157 Å². The van der Waals surface area contributed by atoms with Crippen molar-refractivity contribution in [2.45, 2.75) is 116 Å². The fraction of sp³-hybridized carbons (Fsp3) is 0.629. The Morgan fingerprint density at radius 3 is 2.36 bits per heavy atom. The number of nitrogens with one attached hydrogen (secondary N) is 4. The molecule has 1 aliphatic heterocycles. The Kier molecular flexibility index (Phi) is 15.2. The van der Waals surface area contributed by atoms with Gasteiger partial charge in [0.15, 0.2) is 0 Å². The molecule has 2 heterocycles. The van der Waals surface area contributed by atoms with Gasteiger partial charge in [-0.25, -0.2) is 4.79 Å². The molecular formula is C35H53N5O7. The molecule has 1 aliphatic rings. The number of carbonyl (C=O) groups excluding carboxylic acids is 5. The van der Waals surface area contributed by atoms with E-state index in [4.69, 9.17) is 9.57 Å². The Morgan fingerprint density at radius 1 is 0.957 bits per heavy atom. The molecule has 0 aliphatic carbocycles. The van der Waals surface area contributed by atoms with Crippen molar-refractivity contribution in [2.75, 3.05) is 20.8 Å². The van der Waals surface area contributed by atoms with Crippen LogP contribution in [0.2, 0.25) is 0 Å². The normalized spacial score (nSPS) is 17.2. The summed E-state index contributed by atoms with van der Waals surface area (Å²) in [4.78, 5) is 71.1. The zero-order valence-electron chi connectivity index (χ0n) is 28.6. The van der Waals surface area contributed by atoms with Gasteiger partial charge in [0, 0.05) is 30.8 Å². The maximum atomic E-state index is 14.0. The molecule has 1 aromatic heterocycles. The number of hydrogen-bond donors (Lipinski definition) is 4. The molecule has 5 atom stereocenters. The first-order valence-electron chi connectivity index (χ1n) is 17.0. The number of ketones is 1. The molecule has 0 spiro atoms. The second kappa shape index (κ2) is 19.0. The number of aromatic nitrogens is 1. The molecule has 1 fully saturated rings. The molecule has 0 saturated carbocycles. The lowest BCUT2D eigenvalue weighted by Crippen LogP contribution is -2.58. The maximum absolute atomic E-state index is 14.0. The first kappa shape index (κ1) is 37.5. The monoisotopic (exact) mass is 655 g/mol. The fourth-order valence-electron chi connectivity index (χ4n) is 5.92. The third-order valence-corrected chi connectivity index (χ3v) is 9.08. The number of nitrogens with zero attached hydrogens (tertiary/aromatic N) is 1. The summed E-state index contributed by atoms with van der Waals surface area (Å²) in [6.07, 6.45) is 8.46. The number of amides is 3. The summed E-state index contributed by atoms with van der Waals surface area (Å²) in [6.45, 7) is 6.33. The van der Waals surface area contributed by atoms with Gasteiger partial charge in [-0.2, -0.15) is 4.73 Å². The molecule has 3 rings (SSSR count). The number of hydrogen-bond acceptors (Lipinski definition) is 8. The van der Waals surface area contributed by atoms with Crippen molar-refractivity contribution in [3.05, 3.63) is 36.0 Å². The van der Waals surface area contributed by atoms with E-state index in [1.165, 1.54) is 7.11 Å². The summed E-state index contributed by atoms with van der Waals surface area (Å²) in [7, 11) is 2.82. The van der Waals surface area contributed by atoms with Gasteiger partial charge in [0.2, 0.25) is 17.7 Å². The molecule has 0 bridgehead atoms. The number of Topliss-reactive ketones (excluding diaryl/α,β-unsaturated/α-hetero) is 1. The predicted octanol–water partition coefficient (Wildman–Crippen LogP) is 2.99. The van der Waals surface area contributed by atoms with Crippen LogP contribution < -0.4 is 26.1 Å². The van der Waals surface area contributed by atoms with Crippen molar-refractivity contribution in [3.8, 4) is 0 Å². The lowest BCUT2D eigenvalue weighted by atomic mass is 9.97. The van der Waals surface area contributed by atoms with E-state index in [9.17, 15) is 24.0 Å². The molecular weight excluding hydrogens is 602 g/mol. The minimum atomic E-state index is -1.08. The molecule has 3 amide bonds. The lowest BCUT2D eigenvalue weighted by molar-refractivity contribution is -0.147. The van der Waals surface area contributed by atoms with Gasteiger partial charge in [-0.1, -0.05) is 64.7 Å². The third-order valence-electron chi connectivity index (χ3n) is 9.08. The summed E-state index contributed by atoms with van der Waals surface area (Å²) < 4.78 is 6.58. The Labute approximate surface area is 278 Å². The standard InChI is InChI=1S/C35H53N5O7/c1-6-23(3)31(35(45)46-4)39-34(44)29(21-24-22-40(47-5)30-19-12-11-16-26(24)30)38-33(43)28(18-10-8-9-15-25(41)7-2)37-32(42)27-17-13-14-20-36-27/h11-12,16,19,22-23,27-29,31,36H,6-10,13-15,17-18,20-21H2,1-5H3,(H,37,42)(H,38,43)(H,39,44)/t23?,27-,28+,29+,31+/m1/s1. The van der Waals surface area contributed by atoms with Crippen LogP contribution in [-0.2, 0) is 35.1 Å². The zero-order chi connectivity index (χ0) is 34.3. The second-order valence-electron chi connectivity index (χ2n) is 12.4. The molecule has 1 saturated heterocycles. The van der Waals surface area contributed by atoms with Crippen LogP contribution in [0.25, 0.3) is 10.9 Å². The lowest BCUT2D eigenvalue weighted by Gasteiger charge is -2.28. The molecule has 1 aromatic carbocycles. The molecule has 4 N–H and O–H groups in total. The summed E-state index contributed by atoms with van der Waals surface area (Å²) in [5, 5.41) is 12.7. The third kappa shape index (κ3) is 10.8. The Bertz CT molecular complexity index is 1350. The summed E-state index contributed by atoms with van der Waals surface area (Å²) >= 11 is 0. The van der Waals surface area contributed by atoms with Crippen molar-refractivity contribution >= 4 is 40.4 Å². The van der Waals surface area contributed by atoms with Gasteiger partial charge >= 0.3 is 5.97 Å². The highest BCUT2D eigenvalue weighted by molar-refractivity contribution is 5.95. The van der Waals surface area contributed by atoms with Crippen LogP contribution in [0, 0.1) is 5.92 Å². The van der Waals surface area contributed by atoms with Gasteiger partial charge in [0.1, 0.15) is 31.0 Å². The van der Waals surface area contributed by atoms with E-state index < -0.39 is 42.0 Å². The average Bonchev–Trinajstić information content (AvgIpc) is 3.46. The van der Waals surface area contributed by atoms with Crippen LogP contribution in [-0.4, -0.2) is 79.1 Å². The number of rotatable bonds is 19. The zero-order valence-corrected chi connectivity index (χ0v) is 28.6. The molecule has 2 aromatic rings. The molecule has 47 heavy (non-hydrogen) atoms. The number of unbranched alkanes of at least 4 members (excludes halogenated alkanes) is 2. The van der Waals surface area contributed by atoms with Gasteiger partial charge in [-0.3, -0.25) is 19.2 Å². The van der Waals surface area contributed by atoms with E-state index in [0.29, 0.717) is 44.9 Å². The number of fused-ring (bicyclic) bond motifs is 1. The number of benzene rings is 1. The average molecular weight is 656 g/mol. The summed E-state index contributed by atoms with van der Waals surface area (Å²) in [5.41, 5.74) is 1.56. The van der Waals surface area contributed by atoms with Gasteiger partial charge in [0.25, 0.3) is 0 Å². The van der Waals surface area contributed by atoms with Crippen LogP contribution in [0.3, 0.4) is 0 Å². The molecule has 12 nitrogen and oxygen atoms in total. The predicted molar refractivity (Wildman–Crippen MR) is 179 cm³/mol. The number of esters is 1. The van der Waals surface area contributed by atoms with E-state index in [0.717, 1.165) is 42.3 Å². The number of piperidine rings is 1. The minimum Gasteiger partial charge on any atom is -0.467 e. The van der Waals surface area contributed by atoms with Crippen molar-refractivity contribution in [3.63, 3.8) is 0 Å². The smallest absolute Gasteiger partial charge is 0.328 e. The van der Waals surface area contributed by atoms with E-state index in [1.807, 2.05) is 45.0 Å². The van der Waals surface area contributed by atoms with Crippen LogP contribution in [0.5, 0.6) is 0 Å². The molecule has 260 valence electrons. The molecule has 12 heteroatoms. The first-order valence-corrected chi connectivity index (χ1v) is 17.0. The second-order valence-corrected chi connectivity index (χ2v) is 12.4. The van der Waals surface area contributed by atoms with Crippen molar-refractivity contribution in [1.29, 1.82) is 0 Å². The van der Waals surface area contributed by atoms with E-state index in [-0.39, 0.29) is 24.0 Å².